The molecule has 0 aromatic heterocycles. The van der Waals surface area contributed by atoms with Gasteiger partial charge < -0.3 is 10.2 Å². The van der Waals surface area contributed by atoms with Crippen molar-refractivity contribution in [2.24, 2.45) is 5.92 Å². The lowest BCUT2D eigenvalue weighted by Gasteiger charge is -2.44. The maximum absolute atomic E-state index is 12.7. The van der Waals surface area contributed by atoms with Crippen molar-refractivity contribution in [1.29, 1.82) is 0 Å². The average Bonchev–Trinajstić information content (AvgIpc) is 2.39. The molecule has 2 atom stereocenters. The van der Waals surface area contributed by atoms with Crippen LogP contribution in [0, 0.1) is 5.92 Å². The smallest absolute Gasteiger partial charge is 0.248 e. The highest BCUT2D eigenvalue weighted by Crippen LogP contribution is 2.24. The number of carbonyl (C=O) groups excluding carboxylic acids is 2. The van der Waals surface area contributed by atoms with Gasteiger partial charge in [0.15, 0.2) is 0 Å². The van der Waals surface area contributed by atoms with Crippen LogP contribution in [0.4, 0.5) is 0 Å². The van der Waals surface area contributed by atoms with E-state index in [1.165, 1.54) is 0 Å². The Bertz CT molecular complexity index is 354. The van der Waals surface area contributed by atoms with Gasteiger partial charge in [0.25, 0.3) is 0 Å². The fourth-order valence-corrected chi connectivity index (χ4v) is 2.74. The zero-order valence-electron chi connectivity index (χ0n) is 13.7. The maximum Gasteiger partial charge on any atom is 0.248 e. The number of hydrogen-bond donors (Lipinski definition) is 1. The third kappa shape index (κ3) is 3.74. The van der Waals surface area contributed by atoms with E-state index in [0.717, 1.165) is 25.7 Å². The zero-order valence-corrected chi connectivity index (χ0v) is 13.7. The van der Waals surface area contributed by atoms with Crippen molar-refractivity contribution in [2.45, 2.75) is 78.3 Å². The molecule has 4 heteroatoms. The summed E-state index contributed by atoms with van der Waals surface area (Å²) >= 11 is 0. The molecule has 0 spiro atoms. The molecule has 0 aliphatic carbocycles. The summed E-state index contributed by atoms with van der Waals surface area (Å²) in [7, 11) is 0. The van der Waals surface area contributed by atoms with Crippen molar-refractivity contribution in [1.82, 2.24) is 10.2 Å². The molecule has 0 aromatic rings. The summed E-state index contributed by atoms with van der Waals surface area (Å²) in [6.45, 7) is 10.9. The Labute approximate surface area is 123 Å². The molecule has 20 heavy (non-hydrogen) atoms. The number of nitrogens with one attached hydrogen (secondary N) is 1. The van der Waals surface area contributed by atoms with Gasteiger partial charge in [0, 0.05) is 6.54 Å². The Morgan fingerprint density at radius 1 is 1.30 bits per heavy atom. The summed E-state index contributed by atoms with van der Waals surface area (Å²) in [6, 6.07) is -0.278. The van der Waals surface area contributed by atoms with Gasteiger partial charge in [-0.1, -0.05) is 34.1 Å². The molecule has 1 aliphatic rings. The summed E-state index contributed by atoms with van der Waals surface area (Å²) in [5, 5.41) is 2.93. The fraction of sp³-hybridized carbons (Fsp3) is 0.875. The van der Waals surface area contributed by atoms with Gasteiger partial charge in [-0.3, -0.25) is 9.59 Å². The second-order valence-electron chi connectivity index (χ2n) is 6.51. The third-order valence-corrected chi connectivity index (χ3v) is 4.26. The SMILES string of the molecule is CCCC1C(=O)NC(C)(CC)C(=O)N1CCCC(C)C. The summed E-state index contributed by atoms with van der Waals surface area (Å²) in [5.74, 6) is 0.730. The minimum atomic E-state index is -0.723. The molecule has 1 N–H and O–H groups in total. The highest BCUT2D eigenvalue weighted by Gasteiger charge is 2.46. The highest BCUT2D eigenvalue weighted by atomic mass is 16.2. The van der Waals surface area contributed by atoms with E-state index < -0.39 is 5.54 Å². The average molecular weight is 282 g/mol. The Morgan fingerprint density at radius 3 is 2.45 bits per heavy atom. The predicted octanol–water partition coefficient (Wildman–Crippen LogP) is 2.72. The van der Waals surface area contributed by atoms with E-state index in [2.05, 4.69) is 26.1 Å². The van der Waals surface area contributed by atoms with Crippen molar-refractivity contribution in [3.05, 3.63) is 0 Å². The molecule has 4 nitrogen and oxygen atoms in total. The second-order valence-corrected chi connectivity index (χ2v) is 6.51. The molecule has 2 amide bonds. The van der Waals surface area contributed by atoms with Crippen LogP contribution >= 0.6 is 0 Å². The molecule has 0 bridgehead atoms. The number of piperazine rings is 1. The first kappa shape index (κ1) is 17.0. The lowest BCUT2D eigenvalue weighted by atomic mass is 9.90. The first-order valence-electron chi connectivity index (χ1n) is 7.98. The van der Waals surface area contributed by atoms with E-state index in [1.807, 2.05) is 18.7 Å². The van der Waals surface area contributed by atoms with Crippen molar-refractivity contribution in [3.8, 4) is 0 Å². The number of carbonyl (C=O) groups is 2. The van der Waals surface area contributed by atoms with Gasteiger partial charge in [-0.05, 0) is 38.5 Å². The summed E-state index contributed by atoms with van der Waals surface area (Å²) in [5.41, 5.74) is -0.723. The van der Waals surface area contributed by atoms with E-state index in [1.54, 1.807) is 0 Å². The molecule has 0 saturated carbocycles. The fourth-order valence-electron chi connectivity index (χ4n) is 2.74. The molecule has 1 saturated heterocycles. The van der Waals surface area contributed by atoms with Crippen molar-refractivity contribution < 1.29 is 9.59 Å². The van der Waals surface area contributed by atoms with E-state index >= 15 is 0 Å². The normalized spacial score (nSPS) is 27.1. The number of hydrogen-bond acceptors (Lipinski definition) is 2. The maximum atomic E-state index is 12.7. The molecule has 0 radical (unpaired) electrons. The standard InChI is InChI=1S/C16H30N2O2/c1-6-9-13-14(19)17-16(5,7-2)15(20)18(13)11-8-10-12(3)4/h12-13H,6-11H2,1-5H3,(H,17,19). The third-order valence-electron chi connectivity index (χ3n) is 4.26. The van der Waals surface area contributed by atoms with Crippen LogP contribution in [-0.2, 0) is 9.59 Å². The molecular weight excluding hydrogens is 252 g/mol. The van der Waals surface area contributed by atoms with Crippen LogP contribution in [0.15, 0.2) is 0 Å². The van der Waals surface area contributed by atoms with Crippen LogP contribution in [0.5, 0.6) is 0 Å². The molecule has 1 aliphatic heterocycles. The minimum absolute atomic E-state index is 0.0142. The van der Waals surface area contributed by atoms with Crippen molar-refractivity contribution in [3.63, 3.8) is 0 Å². The number of amides is 2. The van der Waals surface area contributed by atoms with Crippen molar-refractivity contribution in [2.75, 3.05) is 6.54 Å². The first-order valence-corrected chi connectivity index (χ1v) is 7.98. The van der Waals surface area contributed by atoms with Gasteiger partial charge in [0.05, 0.1) is 0 Å². The quantitative estimate of drug-likeness (QED) is 0.780. The number of rotatable bonds is 7. The predicted molar refractivity (Wildman–Crippen MR) is 81.3 cm³/mol. The van der Waals surface area contributed by atoms with E-state index in [0.29, 0.717) is 18.9 Å². The Kier molecular flexibility index (Phi) is 6.03. The molecular formula is C16H30N2O2. The molecule has 0 aromatic carbocycles. The second kappa shape index (κ2) is 7.09. The highest BCUT2D eigenvalue weighted by molar-refractivity contribution is 5.99. The largest absolute Gasteiger partial charge is 0.340 e. The van der Waals surface area contributed by atoms with Crippen LogP contribution < -0.4 is 5.32 Å². The van der Waals surface area contributed by atoms with Gasteiger partial charge in [-0.25, -0.2) is 0 Å². The van der Waals surface area contributed by atoms with Crippen LogP contribution in [-0.4, -0.2) is 34.8 Å². The van der Waals surface area contributed by atoms with Crippen LogP contribution in [0.3, 0.4) is 0 Å². The van der Waals surface area contributed by atoms with Gasteiger partial charge in [-0.15, -0.1) is 0 Å². The zero-order chi connectivity index (χ0) is 15.3. The van der Waals surface area contributed by atoms with Gasteiger partial charge in [-0.2, -0.15) is 0 Å². The van der Waals surface area contributed by atoms with Crippen LogP contribution in [0.25, 0.3) is 0 Å². The topological polar surface area (TPSA) is 49.4 Å². The lowest BCUT2D eigenvalue weighted by Crippen LogP contribution is -2.69. The Balaban J connectivity index is 2.84. The first-order chi connectivity index (χ1) is 9.35. The van der Waals surface area contributed by atoms with Crippen LogP contribution in [0.2, 0.25) is 0 Å². The van der Waals surface area contributed by atoms with Gasteiger partial charge in [0.2, 0.25) is 11.8 Å². The van der Waals surface area contributed by atoms with Crippen LogP contribution in [0.1, 0.15) is 66.7 Å². The Morgan fingerprint density at radius 2 is 1.95 bits per heavy atom. The Hall–Kier alpha value is -1.06. The molecule has 1 heterocycles. The molecule has 2 unspecified atom stereocenters. The van der Waals surface area contributed by atoms with E-state index in [-0.39, 0.29) is 17.9 Å². The lowest BCUT2D eigenvalue weighted by molar-refractivity contribution is -0.154. The molecule has 1 fully saturated rings. The van der Waals surface area contributed by atoms with E-state index in [9.17, 15) is 9.59 Å². The van der Waals surface area contributed by atoms with Gasteiger partial charge >= 0.3 is 0 Å². The molecule has 1 rings (SSSR count). The monoisotopic (exact) mass is 282 g/mol. The van der Waals surface area contributed by atoms with Crippen molar-refractivity contribution >= 4 is 11.8 Å². The minimum Gasteiger partial charge on any atom is -0.340 e. The number of nitrogens with zero attached hydrogens (tertiary/aromatic N) is 1. The summed E-state index contributed by atoms with van der Waals surface area (Å²) in [6.07, 6.45) is 4.36. The van der Waals surface area contributed by atoms with Gasteiger partial charge in [0.1, 0.15) is 11.6 Å². The summed E-state index contributed by atoms with van der Waals surface area (Å²) < 4.78 is 0. The van der Waals surface area contributed by atoms with E-state index in [4.69, 9.17) is 0 Å². The molecule has 116 valence electrons. The summed E-state index contributed by atoms with van der Waals surface area (Å²) in [4.78, 5) is 26.8.